The molecular weight excluding hydrogens is 483 g/mol. The summed E-state index contributed by atoms with van der Waals surface area (Å²) in [6.45, 7) is 5.25. The summed E-state index contributed by atoms with van der Waals surface area (Å²) in [6, 6.07) is 4.09. The lowest BCUT2D eigenvalue weighted by Gasteiger charge is -2.33. The molecule has 4 rings (SSSR count). The Hall–Kier alpha value is -2.69. The van der Waals surface area contributed by atoms with Gasteiger partial charge >= 0.3 is 18.0 Å². The summed E-state index contributed by atoms with van der Waals surface area (Å²) in [5, 5.41) is 1.01. The van der Waals surface area contributed by atoms with E-state index >= 15 is 0 Å². The third kappa shape index (κ3) is 4.62. The van der Waals surface area contributed by atoms with Gasteiger partial charge in [0, 0.05) is 55.9 Å². The van der Waals surface area contributed by atoms with E-state index in [1.54, 1.807) is 31.0 Å². The molecule has 3 aliphatic rings. The third-order valence-electron chi connectivity index (χ3n) is 6.23. The SMILES string of the molecule is CCOC(=O)N1CCN(CC2=[N+](Cc3ccc(Cl)cc3Cl)C3C(=O)N(C)C(=O)N(C)C3=N2)CC1. The number of amidine groups is 2. The van der Waals surface area contributed by atoms with Gasteiger partial charge < -0.3 is 9.64 Å². The van der Waals surface area contributed by atoms with Crippen molar-refractivity contribution in [3.05, 3.63) is 33.8 Å². The van der Waals surface area contributed by atoms with Gasteiger partial charge in [-0.1, -0.05) is 29.3 Å². The number of hydrogen-bond acceptors (Lipinski definition) is 6. The Bertz CT molecular complexity index is 1080. The molecule has 1 atom stereocenters. The Morgan fingerprint density at radius 2 is 1.85 bits per heavy atom. The average molecular weight is 510 g/mol. The zero-order chi connectivity index (χ0) is 24.6. The van der Waals surface area contributed by atoms with Crippen LogP contribution in [0, 0.1) is 0 Å². The fourth-order valence-electron chi connectivity index (χ4n) is 4.29. The molecule has 4 amide bonds. The minimum absolute atomic E-state index is 0.310. The molecule has 1 aromatic carbocycles. The van der Waals surface area contributed by atoms with Crippen molar-refractivity contribution in [1.82, 2.24) is 19.6 Å². The summed E-state index contributed by atoms with van der Waals surface area (Å²) in [5.41, 5.74) is 0.794. The molecular formula is C22H27Cl2N6O4+. The number of urea groups is 1. The molecule has 2 saturated heterocycles. The van der Waals surface area contributed by atoms with E-state index in [1.807, 2.05) is 10.6 Å². The van der Waals surface area contributed by atoms with Gasteiger partial charge in [-0.25, -0.2) is 14.2 Å². The highest BCUT2D eigenvalue weighted by Gasteiger charge is 2.53. The van der Waals surface area contributed by atoms with Crippen molar-refractivity contribution in [3.63, 3.8) is 0 Å². The van der Waals surface area contributed by atoms with Gasteiger partial charge in [-0.2, -0.15) is 0 Å². The molecule has 10 nitrogen and oxygen atoms in total. The van der Waals surface area contributed by atoms with E-state index < -0.39 is 12.1 Å². The topological polar surface area (TPSA) is 88.8 Å². The maximum Gasteiger partial charge on any atom is 0.409 e. The minimum Gasteiger partial charge on any atom is -0.450 e. The van der Waals surface area contributed by atoms with Gasteiger partial charge in [0.25, 0.3) is 17.8 Å². The maximum atomic E-state index is 13.1. The molecule has 12 heteroatoms. The first kappa shape index (κ1) is 24.4. The molecule has 0 aromatic heterocycles. The Balaban J connectivity index is 1.61. The van der Waals surface area contributed by atoms with Crippen LogP contribution in [0.1, 0.15) is 12.5 Å². The van der Waals surface area contributed by atoms with Gasteiger partial charge in [0.05, 0.1) is 6.61 Å². The normalized spacial score (nSPS) is 21.3. The predicted octanol–water partition coefficient (Wildman–Crippen LogP) is 1.98. The van der Waals surface area contributed by atoms with E-state index in [0.717, 1.165) is 10.5 Å². The Morgan fingerprint density at radius 1 is 1.15 bits per heavy atom. The molecule has 1 aromatic rings. The summed E-state index contributed by atoms with van der Waals surface area (Å²) >= 11 is 12.5. The number of aliphatic imine (C=N–C) groups is 1. The predicted molar refractivity (Wildman–Crippen MR) is 128 cm³/mol. The van der Waals surface area contributed by atoms with Gasteiger partial charge in [-0.15, -0.1) is 0 Å². The van der Waals surface area contributed by atoms with Crippen molar-refractivity contribution in [2.24, 2.45) is 4.99 Å². The summed E-state index contributed by atoms with van der Waals surface area (Å²) < 4.78 is 6.99. The van der Waals surface area contributed by atoms with Crippen molar-refractivity contribution in [3.8, 4) is 0 Å². The fraction of sp³-hybridized carbons (Fsp3) is 0.500. The lowest BCUT2D eigenvalue weighted by molar-refractivity contribution is -0.552. The van der Waals surface area contributed by atoms with Crippen molar-refractivity contribution in [2.45, 2.75) is 19.5 Å². The van der Waals surface area contributed by atoms with Gasteiger partial charge in [0.2, 0.25) is 0 Å². The number of carbonyl (C=O) groups is 3. The number of halogens is 2. The third-order valence-corrected chi connectivity index (χ3v) is 6.82. The number of benzene rings is 1. The molecule has 1 unspecified atom stereocenters. The van der Waals surface area contributed by atoms with Crippen LogP contribution in [-0.2, 0) is 16.1 Å². The molecule has 3 heterocycles. The maximum absolute atomic E-state index is 13.1. The highest BCUT2D eigenvalue weighted by molar-refractivity contribution is 6.35. The van der Waals surface area contributed by atoms with Gasteiger partial charge in [0.1, 0.15) is 13.1 Å². The second-order valence-corrected chi connectivity index (χ2v) is 9.20. The lowest BCUT2D eigenvalue weighted by atomic mass is 10.1. The number of amides is 4. The Kier molecular flexibility index (Phi) is 7.11. The van der Waals surface area contributed by atoms with Crippen LogP contribution in [0.4, 0.5) is 9.59 Å². The summed E-state index contributed by atoms with van der Waals surface area (Å²) in [7, 11) is 3.09. The molecule has 0 spiro atoms. The molecule has 0 saturated carbocycles. The van der Waals surface area contributed by atoms with Crippen molar-refractivity contribution in [2.75, 3.05) is 53.4 Å². The minimum atomic E-state index is -0.727. The number of fused-ring (bicyclic) bond motifs is 1. The van der Waals surface area contributed by atoms with Crippen LogP contribution in [-0.4, -0.2) is 113 Å². The highest BCUT2D eigenvalue weighted by Crippen LogP contribution is 2.25. The Morgan fingerprint density at radius 3 is 2.50 bits per heavy atom. The standard InChI is InChI=1S/C22H27Cl2N6O4/c1-4-34-22(33)29-9-7-28(8-10-29)13-17-25-19-18(20(31)27(3)21(32)26(19)2)30(17)12-14-5-6-15(23)11-16(14)24/h5-6,11,18H,4,7-10,12-13H2,1-3H3/q+1. The molecule has 0 bridgehead atoms. The van der Waals surface area contributed by atoms with Crippen LogP contribution >= 0.6 is 23.2 Å². The van der Waals surface area contributed by atoms with E-state index in [1.165, 1.54) is 11.9 Å². The number of likely N-dealkylation sites (N-methyl/N-ethyl adjacent to an activating group) is 2. The van der Waals surface area contributed by atoms with Crippen LogP contribution in [0.25, 0.3) is 0 Å². The van der Waals surface area contributed by atoms with E-state index in [9.17, 15) is 14.4 Å². The number of rotatable bonds is 5. The van der Waals surface area contributed by atoms with Crippen molar-refractivity contribution >= 4 is 52.9 Å². The second-order valence-electron chi connectivity index (χ2n) is 8.35. The number of piperazine rings is 1. The molecule has 34 heavy (non-hydrogen) atoms. The van der Waals surface area contributed by atoms with E-state index in [-0.39, 0.29) is 12.0 Å². The zero-order valence-corrected chi connectivity index (χ0v) is 20.8. The summed E-state index contributed by atoms with van der Waals surface area (Å²) in [5.74, 6) is 0.728. The van der Waals surface area contributed by atoms with Crippen LogP contribution in [0.2, 0.25) is 10.0 Å². The number of nitrogens with zero attached hydrogens (tertiary/aromatic N) is 6. The van der Waals surface area contributed by atoms with Crippen molar-refractivity contribution in [1.29, 1.82) is 0 Å². The van der Waals surface area contributed by atoms with E-state index in [2.05, 4.69) is 4.90 Å². The van der Waals surface area contributed by atoms with Crippen LogP contribution in [0.15, 0.2) is 23.2 Å². The molecule has 182 valence electrons. The zero-order valence-electron chi connectivity index (χ0n) is 19.3. The molecule has 3 aliphatic heterocycles. The smallest absolute Gasteiger partial charge is 0.409 e. The number of ether oxygens (including phenoxy) is 1. The number of imide groups is 1. The fourth-order valence-corrected chi connectivity index (χ4v) is 4.76. The van der Waals surface area contributed by atoms with E-state index in [4.69, 9.17) is 32.9 Å². The van der Waals surface area contributed by atoms with Crippen LogP contribution in [0.5, 0.6) is 0 Å². The summed E-state index contributed by atoms with van der Waals surface area (Å²) in [4.78, 5) is 48.8. The number of carbonyl (C=O) groups excluding carboxylic acids is 3. The summed E-state index contributed by atoms with van der Waals surface area (Å²) in [6.07, 6.45) is -0.310. The highest BCUT2D eigenvalue weighted by atomic mass is 35.5. The molecule has 0 radical (unpaired) electrons. The van der Waals surface area contributed by atoms with E-state index in [0.29, 0.717) is 67.6 Å². The Labute approximate surface area is 207 Å². The average Bonchev–Trinajstić information content (AvgIpc) is 3.16. The molecule has 0 aliphatic carbocycles. The first-order valence-corrected chi connectivity index (χ1v) is 11.8. The van der Waals surface area contributed by atoms with Crippen LogP contribution < -0.4 is 0 Å². The van der Waals surface area contributed by atoms with Gasteiger partial charge in [0.15, 0.2) is 0 Å². The van der Waals surface area contributed by atoms with Gasteiger partial charge in [-0.05, 0) is 24.0 Å². The molecule has 0 N–H and O–H groups in total. The first-order valence-electron chi connectivity index (χ1n) is 11.1. The second kappa shape index (κ2) is 9.89. The van der Waals surface area contributed by atoms with Gasteiger partial charge in [-0.3, -0.25) is 19.5 Å². The number of hydrogen-bond donors (Lipinski definition) is 0. The quantitative estimate of drug-likeness (QED) is 0.566. The van der Waals surface area contributed by atoms with Crippen molar-refractivity contribution < 1.29 is 23.7 Å². The largest absolute Gasteiger partial charge is 0.450 e. The lowest BCUT2D eigenvalue weighted by Crippen LogP contribution is -2.61. The molecule has 2 fully saturated rings. The monoisotopic (exact) mass is 509 g/mol. The van der Waals surface area contributed by atoms with Crippen LogP contribution in [0.3, 0.4) is 0 Å². The first-order chi connectivity index (χ1) is 16.2.